The summed E-state index contributed by atoms with van der Waals surface area (Å²) >= 11 is 0. The Bertz CT molecular complexity index is 625. The van der Waals surface area contributed by atoms with Crippen molar-refractivity contribution >= 4 is 5.82 Å². The van der Waals surface area contributed by atoms with E-state index in [4.69, 9.17) is 9.47 Å². The lowest BCUT2D eigenvalue weighted by molar-refractivity contribution is -0.151. The zero-order valence-corrected chi connectivity index (χ0v) is 14.7. The van der Waals surface area contributed by atoms with Crippen LogP contribution in [0.25, 0.3) is 0 Å². The Morgan fingerprint density at radius 3 is 2.72 bits per heavy atom. The highest BCUT2D eigenvalue weighted by Gasteiger charge is 2.41. The lowest BCUT2D eigenvalue weighted by Gasteiger charge is -2.48. The second-order valence-electron chi connectivity index (χ2n) is 7.30. The SMILES string of the molecule is N#Cc1cccnc1N1CCN(C2CCOC3(CCOCC3)C2)CC1. The molecule has 134 valence electrons. The van der Waals surface area contributed by atoms with Gasteiger partial charge in [0.05, 0.1) is 11.2 Å². The van der Waals surface area contributed by atoms with Gasteiger partial charge >= 0.3 is 0 Å². The molecule has 0 N–H and O–H groups in total. The molecule has 0 saturated carbocycles. The maximum Gasteiger partial charge on any atom is 0.146 e. The third-order valence-corrected chi connectivity index (χ3v) is 5.91. The molecule has 1 aromatic heterocycles. The quantitative estimate of drug-likeness (QED) is 0.817. The molecule has 1 spiro atoms. The minimum absolute atomic E-state index is 0.0489. The van der Waals surface area contributed by atoms with Gasteiger partial charge in [-0.3, -0.25) is 4.90 Å². The molecular weight excluding hydrogens is 316 g/mol. The molecular formula is C19H26N4O2. The highest BCUT2D eigenvalue weighted by molar-refractivity contribution is 5.53. The minimum atomic E-state index is 0.0489. The largest absolute Gasteiger partial charge is 0.381 e. The molecule has 25 heavy (non-hydrogen) atoms. The number of ether oxygens (including phenoxy) is 2. The number of anilines is 1. The van der Waals surface area contributed by atoms with Crippen molar-refractivity contribution in [1.29, 1.82) is 5.26 Å². The first-order chi connectivity index (χ1) is 12.3. The van der Waals surface area contributed by atoms with E-state index in [0.29, 0.717) is 11.6 Å². The second kappa shape index (κ2) is 7.28. The van der Waals surface area contributed by atoms with Gasteiger partial charge in [-0.15, -0.1) is 0 Å². The fourth-order valence-corrected chi connectivity index (χ4v) is 4.44. The van der Waals surface area contributed by atoms with E-state index < -0.39 is 0 Å². The van der Waals surface area contributed by atoms with Crippen LogP contribution >= 0.6 is 0 Å². The number of nitrogens with zero attached hydrogens (tertiary/aromatic N) is 4. The third kappa shape index (κ3) is 3.50. The van der Waals surface area contributed by atoms with Gasteiger partial charge in [-0.05, 0) is 37.8 Å². The van der Waals surface area contributed by atoms with Crippen molar-refractivity contribution in [3.8, 4) is 6.07 Å². The Morgan fingerprint density at radius 1 is 1.16 bits per heavy atom. The van der Waals surface area contributed by atoms with Gasteiger partial charge in [-0.2, -0.15) is 5.26 Å². The van der Waals surface area contributed by atoms with Gasteiger partial charge in [-0.25, -0.2) is 4.98 Å². The Labute approximate surface area is 149 Å². The molecule has 3 aliphatic rings. The predicted molar refractivity (Wildman–Crippen MR) is 94.5 cm³/mol. The van der Waals surface area contributed by atoms with Crippen molar-refractivity contribution in [2.75, 3.05) is 50.9 Å². The summed E-state index contributed by atoms with van der Waals surface area (Å²) in [4.78, 5) is 9.29. The van der Waals surface area contributed by atoms with E-state index in [9.17, 15) is 5.26 Å². The Kier molecular flexibility index (Phi) is 4.89. The number of rotatable bonds is 2. The topological polar surface area (TPSA) is 61.6 Å². The first kappa shape index (κ1) is 16.8. The molecule has 6 nitrogen and oxygen atoms in total. The lowest BCUT2D eigenvalue weighted by Crippen LogP contribution is -2.56. The molecule has 3 aliphatic heterocycles. The smallest absolute Gasteiger partial charge is 0.146 e. The summed E-state index contributed by atoms with van der Waals surface area (Å²) in [7, 11) is 0. The van der Waals surface area contributed by atoms with Crippen LogP contribution in [0, 0.1) is 11.3 Å². The first-order valence-electron chi connectivity index (χ1n) is 9.35. The molecule has 0 radical (unpaired) electrons. The number of piperazine rings is 1. The van der Waals surface area contributed by atoms with Crippen molar-refractivity contribution in [3.05, 3.63) is 23.9 Å². The summed E-state index contributed by atoms with van der Waals surface area (Å²) in [5, 5.41) is 9.29. The van der Waals surface area contributed by atoms with Gasteiger partial charge in [0.2, 0.25) is 0 Å². The monoisotopic (exact) mass is 342 g/mol. The molecule has 1 atom stereocenters. The first-order valence-corrected chi connectivity index (χ1v) is 9.35. The molecule has 0 bridgehead atoms. The Balaban J connectivity index is 1.38. The number of nitriles is 1. The minimum Gasteiger partial charge on any atom is -0.381 e. The van der Waals surface area contributed by atoms with Crippen molar-refractivity contribution in [2.24, 2.45) is 0 Å². The average molecular weight is 342 g/mol. The average Bonchev–Trinajstić information content (AvgIpc) is 2.69. The zero-order valence-electron chi connectivity index (χ0n) is 14.7. The summed E-state index contributed by atoms with van der Waals surface area (Å²) in [5.74, 6) is 0.831. The molecule has 3 saturated heterocycles. The lowest BCUT2D eigenvalue weighted by atomic mass is 9.83. The van der Waals surface area contributed by atoms with Crippen LogP contribution in [0.2, 0.25) is 0 Å². The van der Waals surface area contributed by atoms with E-state index in [-0.39, 0.29) is 5.60 Å². The maximum atomic E-state index is 9.29. The Morgan fingerprint density at radius 2 is 1.96 bits per heavy atom. The van der Waals surface area contributed by atoms with Crippen LogP contribution in [0.1, 0.15) is 31.2 Å². The van der Waals surface area contributed by atoms with Gasteiger partial charge in [0.15, 0.2) is 0 Å². The molecule has 0 aromatic carbocycles. The molecule has 1 aromatic rings. The summed E-state index contributed by atoms with van der Waals surface area (Å²) in [6, 6.07) is 6.54. The normalized spacial score (nSPS) is 27.2. The number of pyridine rings is 1. The standard InChI is InChI=1S/C19H26N4O2/c20-15-16-2-1-6-21-18(16)23-9-7-22(8-10-23)17-3-11-25-19(14-17)4-12-24-13-5-19/h1-2,6,17H,3-5,7-14H2. The van der Waals surface area contributed by atoms with Gasteiger partial charge in [0.1, 0.15) is 11.9 Å². The zero-order chi connectivity index (χ0) is 17.1. The van der Waals surface area contributed by atoms with Crippen LogP contribution in [0.3, 0.4) is 0 Å². The number of aromatic nitrogens is 1. The molecule has 4 rings (SSSR count). The fourth-order valence-electron chi connectivity index (χ4n) is 4.44. The summed E-state index contributed by atoms with van der Waals surface area (Å²) < 4.78 is 11.7. The van der Waals surface area contributed by atoms with Crippen molar-refractivity contribution in [3.63, 3.8) is 0 Å². The second-order valence-corrected chi connectivity index (χ2v) is 7.30. The summed E-state index contributed by atoms with van der Waals surface area (Å²) in [6.07, 6.45) is 6.08. The van der Waals surface area contributed by atoms with E-state index in [1.54, 1.807) is 6.20 Å². The maximum absolute atomic E-state index is 9.29. The summed E-state index contributed by atoms with van der Waals surface area (Å²) in [5.41, 5.74) is 0.718. The van der Waals surface area contributed by atoms with E-state index in [1.165, 1.54) is 0 Å². The van der Waals surface area contributed by atoms with Gasteiger partial charge in [-0.1, -0.05) is 0 Å². The van der Waals surface area contributed by atoms with E-state index in [2.05, 4.69) is 20.9 Å². The number of hydrogen-bond donors (Lipinski definition) is 0. The van der Waals surface area contributed by atoms with E-state index >= 15 is 0 Å². The van der Waals surface area contributed by atoms with Crippen LogP contribution in [-0.4, -0.2) is 67.5 Å². The molecule has 0 amide bonds. The third-order valence-electron chi connectivity index (χ3n) is 5.91. The van der Waals surface area contributed by atoms with E-state index in [1.807, 2.05) is 12.1 Å². The van der Waals surface area contributed by atoms with Crippen LogP contribution in [0.4, 0.5) is 5.82 Å². The van der Waals surface area contributed by atoms with Crippen LogP contribution in [-0.2, 0) is 9.47 Å². The molecule has 1 unspecified atom stereocenters. The highest BCUT2D eigenvalue weighted by atomic mass is 16.5. The molecule has 4 heterocycles. The van der Waals surface area contributed by atoms with Crippen LogP contribution in [0.5, 0.6) is 0 Å². The van der Waals surface area contributed by atoms with Gasteiger partial charge in [0, 0.05) is 58.2 Å². The van der Waals surface area contributed by atoms with Crippen LogP contribution in [0.15, 0.2) is 18.3 Å². The van der Waals surface area contributed by atoms with E-state index in [0.717, 1.165) is 77.5 Å². The number of hydrogen-bond acceptors (Lipinski definition) is 6. The van der Waals surface area contributed by atoms with Crippen molar-refractivity contribution in [2.45, 2.75) is 37.3 Å². The van der Waals surface area contributed by atoms with Crippen LogP contribution < -0.4 is 4.90 Å². The van der Waals surface area contributed by atoms with Gasteiger partial charge in [0.25, 0.3) is 0 Å². The van der Waals surface area contributed by atoms with Crippen molar-refractivity contribution in [1.82, 2.24) is 9.88 Å². The summed E-state index contributed by atoms with van der Waals surface area (Å²) in [6.45, 7) is 6.44. The van der Waals surface area contributed by atoms with Crippen molar-refractivity contribution < 1.29 is 9.47 Å². The predicted octanol–water partition coefficient (Wildman–Crippen LogP) is 1.80. The molecule has 6 heteroatoms. The highest BCUT2D eigenvalue weighted by Crippen LogP contribution is 2.36. The van der Waals surface area contributed by atoms with Gasteiger partial charge < -0.3 is 14.4 Å². The Hall–Kier alpha value is -1.68. The molecule has 3 fully saturated rings. The molecule has 0 aliphatic carbocycles. The fraction of sp³-hybridized carbons (Fsp3) is 0.684.